The van der Waals surface area contributed by atoms with E-state index < -0.39 is 5.97 Å². The van der Waals surface area contributed by atoms with Gasteiger partial charge in [0.25, 0.3) is 5.97 Å². The summed E-state index contributed by atoms with van der Waals surface area (Å²) in [5.74, 6) is -0.833. The highest BCUT2D eigenvalue weighted by Crippen LogP contribution is 1.52. The van der Waals surface area contributed by atoms with Gasteiger partial charge in [-0.25, -0.2) is 0 Å². The Morgan fingerprint density at radius 1 is 1.75 bits per heavy atom. The van der Waals surface area contributed by atoms with E-state index in [0.717, 1.165) is 13.5 Å². The Bertz CT molecular complexity index is 45.6. The van der Waals surface area contributed by atoms with Crippen LogP contribution in [0.2, 0.25) is 0 Å². The van der Waals surface area contributed by atoms with Crippen molar-refractivity contribution in [1.29, 1.82) is 0 Å². The summed E-state index contributed by atoms with van der Waals surface area (Å²) in [5.41, 5.74) is 0. The van der Waals surface area contributed by atoms with E-state index in [1.807, 2.05) is 6.92 Å². The number of aliphatic carboxylic acids is 1. The second kappa shape index (κ2) is 9.66. The Morgan fingerprint density at radius 2 is 1.88 bits per heavy atom. The summed E-state index contributed by atoms with van der Waals surface area (Å²) in [4.78, 5) is 9.00. The van der Waals surface area contributed by atoms with Gasteiger partial charge in [-0.1, -0.05) is 0 Å². The van der Waals surface area contributed by atoms with Crippen LogP contribution in [-0.4, -0.2) is 24.8 Å². The molecule has 0 radical (unpaired) electrons. The molecule has 0 atom stereocenters. The minimum Gasteiger partial charge on any atom is -0.481 e. The Morgan fingerprint density at radius 3 is 1.88 bits per heavy atom. The van der Waals surface area contributed by atoms with Crippen molar-refractivity contribution in [1.82, 2.24) is 0 Å². The zero-order valence-corrected chi connectivity index (χ0v) is 5.47. The maximum Gasteiger partial charge on any atom is 0.300 e. The molecule has 0 bridgehead atoms. The standard InChI is InChI=1S/C3H8O.C2H4O2/c1-3-4-2;1-2(3)4/h3H2,1-2H3;1H3,(H,3,4). The lowest BCUT2D eigenvalue weighted by Crippen LogP contribution is -1.78. The van der Waals surface area contributed by atoms with Crippen molar-refractivity contribution >= 4 is 5.97 Å². The van der Waals surface area contributed by atoms with Crippen molar-refractivity contribution in [2.75, 3.05) is 13.7 Å². The molecule has 0 aromatic rings. The van der Waals surface area contributed by atoms with Gasteiger partial charge >= 0.3 is 0 Å². The van der Waals surface area contributed by atoms with Gasteiger partial charge in [0.15, 0.2) is 0 Å². The topological polar surface area (TPSA) is 46.5 Å². The van der Waals surface area contributed by atoms with Crippen molar-refractivity contribution < 1.29 is 14.6 Å². The third kappa shape index (κ3) is 576. The number of ether oxygens (including phenoxy) is 1. The first-order valence-corrected chi connectivity index (χ1v) is 2.33. The number of carbonyl (C=O) groups is 1. The third-order valence-electron chi connectivity index (χ3n) is 0.289. The fourth-order valence-corrected chi connectivity index (χ4v) is 0. The Balaban J connectivity index is 0. The summed E-state index contributed by atoms with van der Waals surface area (Å²) < 4.78 is 4.54. The smallest absolute Gasteiger partial charge is 0.300 e. The number of hydrogen-bond donors (Lipinski definition) is 1. The average molecular weight is 120 g/mol. The molecule has 50 valence electrons. The first-order valence-electron chi connectivity index (χ1n) is 2.33. The molecular formula is C5H12O3. The van der Waals surface area contributed by atoms with E-state index in [9.17, 15) is 0 Å². The van der Waals surface area contributed by atoms with Crippen molar-refractivity contribution in [3.63, 3.8) is 0 Å². The van der Waals surface area contributed by atoms with E-state index in [1.165, 1.54) is 0 Å². The largest absolute Gasteiger partial charge is 0.481 e. The number of carboxylic acid groups (broad SMARTS) is 1. The zero-order valence-electron chi connectivity index (χ0n) is 5.47. The normalized spacial score (nSPS) is 6.88. The highest BCUT2D eigenvalue weighted by atomic mass is 16.5. The molecule has 0 rings (SSSR count). The highest BCUT2D eigenvalue weighted by Gasteiger charge is 1.65. The zero-order chi connectivity index (χ0) is 6.99. The molecule has 0 saturated carbocycles. The molecule has 0 heterocycles. The molecule has 0 aliphatic heterocycles. The lowest BCUT2D eigenvalue weighted by atomic mass is 10.9. The number of hydrogen-bond acceptors (Lipinski definition) is 2. The third-order valence-corrected chi connectivity index (χ3v) is 0.289. The molecule has 0 saturated heterocycles. The van der Waals surface area contributed by atoms with E-state index in [0.29, 0.717) is 0 Å². The average Bonchev–Trinajstić information content (AvgIpc) is 1.65. The van der Waals surface area contributed by atoms with Crippen LogP contribution >= 0.6 is 0 Å². The van der Waals surface area contributed by atoms with Crippen molar-refractivity contribution in [3.8, 4) is 0 Å². The fourth-order valence-electron chi connectivity index (χ4n) is 0. The number of rotatable bonds is 1. The first kappa shape index (κ1) is 10.4. The molecule has 0 aromatic carbocycles. The molecule has 0 amide bonds. The van der Waals surface area contributed by atoms with Gasteiger partial charge in [-0.05, 0) is 6.92 Å². The summed E-state index contributed by atoms with van der Waals surface area (Å²) in [6, 6.07) is 0. The van der Waals surface area contributed by atoms with E-state index in [4.69, 9.17) is 9.90 Å². The molecule has 0 fully saturated rings. The van der Waals surface area contributed by atoms with Gasteiger partial charge in [-0.3, -0.25) is 4.79 Å². The van der Waals surface area contributed by atoms with Crippen LogP contribution in [0.4, 0.5) is 0 Å². The van der Waals surface area contributed by atoms with Crippen LogP contribution in [0.5, 0.6) is 0 Å². The first-order chi connectivity index (χ1) is 3.65. The van der Waals surface area contributed by atoms with Crippen LogP contribution < -0.4 is 0 Å². The van der Waals surface area contributed by atoms with Crippen LogP contribution in [-0.2, 0) is 9.53 Å². The molecule has 0 aromatic heterocycles. The maximum absolute atomic E-state index is 9.00. The molecule has 3 heteroatoms. The predicted molar refractivity (Wildman–Crippen MR) is 30.9 cm³/mol. The Labute approximate surface area is 49.3 Å². The summed E-state index contributed by atoms with van der Waals surface area (Å²) >= 11 is 0. The van der Waals surface area contributed by atoms with Crippen molar-refractivity contribution in [3.05, 3.63) is 0 Å². The SMILES string of the molecule is CC(=O)O.CCOC. The molecule has 0 aliphatic rings. The van der Waals surface area contributed by atoms with Crippen LogP contribution in [0, 0.1) is 0 Å². The van der Waals surface area contributed by atoms with Crippen LogP contribution in [0.1, 0.15) is 13.8 Å². The second-order valence-corrected chi connectivity index (χ2v) is 1.10. The minimum atomic E-state index is -0.833. The maximum atomic E-state index is 9.00. The molecule has 8 heavy (non-hydrogen) atoms. The minimum absolute atomic E-state index is 0.819. The van der Waals surface area contributed by atoms with E-state index in [2.05, 4.69) is 4.74 Å². The van der Waals surface area contributed by atoms with Gasteiger partial charge in [0.1, 0.15) is 0 Å². The molecular weight excluding hydrogens is 108 g/mol. The van der Waals surface area contributed by atoms with Gasteiger partial charge in [0.2, 0.25) is 0 Å². The van der Waals surface area contributed by atoms with Crippen molar-refractivity contribution in [2.45, 2.75) is 13.8 Å². The van der Waals surface area contributed by atoms with E-state index in [-0.39, 0.29) is 0 Å². The Hall–Kier alpha value is -0.570. The quantitative estimate of drug-likeness (QED) is 0.555. The number of carboxylic acids is 1. The second-order valence-electron chi connectivity index (χ2n) is 1.10. The Kier molecular flexibility index (Phi) is 12.6. The number of methoxy groups -OCH3 is 1. The fraction of sp³-hybridized carbons (Fsp3) is 0.800. The van der Waals surface area contributed by atoms with Gasteiger partial charge in [-0.15, -0.1) is 0 Å². The monoisotopic (exact) mass is 120 g/mol. The summed E-state index contributed by atoms with van der Waals surface area (Å²) in [5, 5.41) is 7.42. The van der Waals surface area contributed by atoms with Gasteiger partial charge in [-0.2, -0.15) is 0 Å². The lowest BCUT2D eigenvalue weighted by Gasteiger charge is -1.76. The van der Waals surface area contributed by atoms with Crippen LogP contribution in [0.3, 0.4) is 0 Å². The molecule has 0 unspecified atom stereocenters. The summed E-state index contributed by atoms with van der Waals surface area (Å²) in [6.45, 7) is 3.86. The van der Waals surface area contributed by atoms with Crippen LogP contribution in [0.15, 0.2) is 0 Å². The van der Waals surface area contributed by atoms with Crippen molar-refractivity contribution in [2.24, 2.45) is 0 Å². The van der Waals surface area contributed by atoms with E-state index in [1.54, 1.807) is 7.11 Å². The molecule has 0 aliphatic carbocycles. The molecule has 0 spiro atoms. The predicted octanol–water partition coefficient (Wildman–Crippen LogP) is 0.744. The molecule has 3 nitrogen and oxygen atoms in total. The summed E-state index contributed by atoms with van der Waals surface area (Å²) in [7, 11) is 1.68. The van der Waals surface area contributed by atoms with Crippen LogP contribution in [0.25, 0.3) is 0 Å². The van der Waals surface area contributed by atoms with E-state index >= 15 is 0 Å². The molecule has 1 N–H and O–H groups in total. The van der Waals surface area contributed by atoms with Gasteiger partial charge < -0.3 is 9.84 Å². The van der Waals surface area contributed by atoms with Gasteiger partial charge in [0.05, 0.1) is 0 Å². The lowest BCUT2D eigenvalue weighted by molar-refractivity contribution is -0.134. The highest BCUT2D eigenvalue weighted by molar-refractivity contribution is 5.62. The van der Waals surface area contributed by atoms with Gasteiger partial charge in [0, 0.05) is 20.6 Å². The summed E-state index contributed by atoms with van der Waals surface area (Å²) in [6.07, 6.45) is 0.